The Morgan fingerprint density at radius 3 is 1.27 bits per heavy atom. The first-order chi connectivity index (χ1) is 14.9. The molecule has 9 heteroatoms. The van der Waals surface area contributed by atoms with E-state index in [1.54, 1.807) is 23.9 Å². The molecule has 33 heavy (non-hydrogen) atoms. The molecule has 0 aromatic rings. The van der Waals surface area contributed by atoms with Crippen LogP contribution in [0.4, 0.5) is 0 Å². The number of carboxylic acids is 2. The molecule has 2 rings (SSSR count). The Morgan fingerprint density at radius 1 is 0.788 bits per heavy atom. The van der Waals surface area contributed by atoms with Crippen LogP contribution in [-0.2, 0) is 26.1 Å². The van der Waals surface area contributed by atoms with E-state index in [-0.39, 0.29) is 40.2 Å². The molecule has 0 fully saturated rings. The van der Waals surface area contributed by atoms with Gasteiger partial charge in [-0.1, -0.05) is 24.3 Å². The van der Waals surface area contributed by atoms with Crippen LogP contribution in [0.25, 0.3) is 0 Å². The molecule has 0 unspecified atom stereocenters. The van der Waals surface area contributed by atoms with Crippen molar-refractivity contribution in [3.8, 4) is 0 Å². The van der Waals surface area contributed by atoms with Gasteiger partial charge in [-0.15, -0.1) is 0 Å². The number of rotatable bonds is 4. The fourth-order valence-electron chi connectivity index (χ4n) is 3.31. The average molecular weight is 501 g/mol. The number of aliphatic carboxylic acids is 2. The van der Waals surface area contributed by atoms with Crippen LogP contribution in [0.5, 0.6) is 0 Å². The number of hydrogen-bond acceptors (Lipinski definition) is 6. The molecule has 0 radical (unpaired) electrons. The number of carbonyl (C=O) groups is 2. The van der Waals surface area contributed by atoms with Crippen molar-refractivity contribution in [3.63, 3.8) is 0 Å². The van der Waals surface area contributed by atoms with Crippen LogP contribution in [0.3, 0.4) is 0 Å². The van der Waals surface area contributed by atoms with Gasteiger partial charge in [-0.25, -0.2) is 0 Å². The van der Waals surface area contributed by atoms with E-state index in [1.807, 2.05) is 65.8 Å². The Balaban J connectivity index is 0.000000602. The number of carbonyl (C=O) groups excluding carboxylic acids is 2. The SMILES string of the molecule is CC1=C(N(C)C(=NC(C)C)C(=O)[O-])CC=C1.CC1=C(N(C)C(=NC(C)C)C(=O)[O-])CC=C1.[Ni+2]. The summed E-state index contributed by atoms with van der Waals surface area (Å²) in [6, 6.07) is -0.128. The third kappa shape index (κ3) is 9.00. The first kappa shape index (κ1) is 30.3. The van der Waals surface area contributed by atoms with Crippen molar-refractivity contribution in [2.75, 3.05) is 14.1 Å². The molecular formula is C24H34N4NiO4. The minimum Gasteiger partial charge on any atom is -0.542 e. The second kappa shape index (κ2) is 13.8. The van der Waals surface area contributed by atoms with Crippen LogP contribution < -0.4 is 10.2 Å². The maximum absolute atomic E-state index is 11.0. The predicted molar refractivity (Wildman–Crippen MR) is 124 cm³/mol. The minimum absolute atomic E-state index is 0. The molecule has 0 N–H and O–H groups in total. The molecule has 0 spiro atoms. The summed E-state index contributed by atoms with van der Waals surface area (Å²) in [6.07, 6.45) is 9.45. The Morgan fingerprint density at radius 2 is 1.09 bits per heavy atom. The van der Waals surface area contributed by atoms with Crippen LogP contribution in [-0.4, -0.2) is 59.6 Å². The second-order valence-electron chi connectivity index (χ2n) is 8.26. The smallest absolute Gasteiger partial charge is 0.542 e. The molecule has 0 atom stereocenters. The quantitative estimate of drug-likeness (QED) is 0.327. The van der Waals surface area contributed by atoms with E-state index in [9.17, 15) is 19.8 Å². The van der Waals surface area contributed by atoms with Crippen molar-refractivity contribution in [1.29, 1.82) is 0 Å². The van der Waals surface area contributed by atoms with Crippen LogP contribution in [0, 0.1) is 0 Å². The molecule has 0 amide bonds. The molecule has 184 valence electrons. The molecule has 2 aliphatic carbocycles. The average Bonchev–Trinajstić information content (AvgIpc) is 3.31. The molecule has 0 bridgehead atoms. The standard InChI is InChI=1S/2C12H18N2O2.Ni/c2*1-8(2)13-11(12(15)16)14(4)10-7-5-6-9(10)3;/h2*5-6,8H,7H2,1-4H3,(H,15,16);/q;;+2/p-2. The van der Waals surface area contributed by atoms with E-state index in [1.165, 1.54) is 0 Å². The van der Waals surface area contributed by atoms with Crippen molar-refractivity contribution in [1.82, 2.24) is 9.80 Å². The van der Waals surface area contributed by atoms with Crippen molar-refractivity contribution < 1.29 is 36.3 Å². The first-order valence-corrected chi connectivity index (χ1v) is 10.6. The fourth-order valence-corrected chi connectivity index (χ4v) is 3.31. The molecule has 0 aromatic heterocycles. The summed E-state index contributed by atoms with van der Waals surface area (Å²) in [6.45, 7) is 11.3. The predicted octanol–water partition coefficient (Wildman–Crippen LogP) is 1.42. The van der Waals surface area contributed by atoms with E-state index in [0.717, 1.165) is 35.4 Å². The number of nitrogens with zero attached hydrogens (tertiary/aromatic N) is 4. The van der Waals surface area contributed by atoms with Crippen LogP contribution in [0.2, 0.25) is 0 Å². The summed E-state index contributed by atoms with van der Waals surface area (Å²) in [7, 11) is 3.42. The zero-order valence-electron chi connectivity index (χ0n) is 20.6. The number of carboxylic acid groups (broad SMARTS) is 2. The number of allylic oxidation sites excluding steroid dienone is 6. The summed E-state index contributed by atoms with van der Waals surface area (Å²) >= 11 is 0. The molecule has 0 aromatic carbocycles. The van der Waals surface area contributed by atoms with Gasteiger partial charge in [-0.3, -0.25) is 9.98 Å². The maximum atomic E-state index is 11.0. The molecule has 0 saturated heterocycles. The Hall–Kier alpha value is -2.67. The Labute approximate surface area is 207 Å². The van der Waals surface area contributed by atoms with E-state index >= 15 is 0 Å². The van der Waals surface area contributed by atoms with E-state index in [0.29, 0.717) is 0 Å². The molecule has 2 aliphatic rings. The van der Waals surface area contributed by atoms with Gasteiger partial charge in [-0.2, -0.15) is 0 Å². The molecule has 0 saturated carbocycles. The minimum atomic E-state index is -1.23. The zero-order chi connectivity index (χ0) is 24.6. The van der Waals surface area contributed by atoms with Gasteiger partial charge in [0.15, 0.2) is 11.7 Å². The largest absolute Gasteiger partial charge is 2.00 e. The van der Waals surface area contributed by atoms with Gasteiger partial charge in [0.2, 0.25) is 0 Å². The van der Waals surface area contributed by atoms with Gasteiger partial charge in [0.1, 0.15) is 11.9 Å². The van der Waals surface area contributed by atoms with Crippen LogP contribution >= 0.6 is 0 Å². The third-order valence-electron chi connectivity index (χ3n) is 4.84. The number of likely N-dealkylation sites (N-methyl/N-ethyl adjacent to an activating group) is 2. The number of amidine groups is 2. The Bertz CT molecular complexity index is 837. The van der Waals surface area contributed by atoms with Gasteiger partial charge < -0.3 is 29.6 Å². The van der Waals surface area contributed by atoms with E-state index in [4.69, 9.17) is 0 Å². The zero-order valence-corrected chi connectivity index (χ0v) is 21.6. The number of aliphatic imine (C=N–C) groups is 2. The van der Waals surface area contributed by atoms with Crippen molar-refractivity contribution >= 4 is 23.6 Å². The maximum Gasteiger partial charge on any atom is 2.00 e. The van der Waals surface area contributed by atoms with Gasteiger partial charge >= 0.3 is 16.5 Å². The summed E-state index contributed by atoms with van der Waals surface area (Å²) < 4.78 is 0. The first-order valence-electron chi connectivity index (χ1n) is 10.6. The van der Waals surface area contributed by atoms with Gasteiger partial charge in [-0.05, 0) is 52.7 Å². The third-order valence-corrected chi connectivity index (χ3v) is 4.84. The van der Waals surface area contributed by atoms with E-state index < -0.39 is 11.9 Å². The van der Waals surface area contributed by atoms with Crippen LogP contribution in [0.1, 0.15) is 54.4 Å². The monoisotopic (exact) mass is 500 g/mol. The van der Waals surface area contributed by atoms with Crippen molar-refractivity contribution in [3.05, 3.63) is 46.8 Å². The molecular weight excluding hydrogens is 467 g/mol. The fraction of sp³-hybridized carbons (Fsp3) is 0.500. The van der Waals surface area contributed by atoms with Gasteiger partial charge in [0.05, 0.1) is 0 Å². The van der Waals surface area contributed by atoms with E-state index in [2.05, 4.69) is 9.98 Å². The summed E-state index contributed by atoms with van der Waals surface area (Å²) in [4.78, 5) is 33.4. The second-order valence-corrected chi connectivity index (χ2v) is 8.26. The van der Waals surface area contributed by atoms with Crippen molar-refractivity contribution in [2.24, 2.45) is 9.98 Å². The summed E-state index contributed by atoms with van der Waals surface area (Å²) in [5.41, 5.74) is 4.06. The Kier molecular flexibility index (Phi) is 12.7. The normalized spacial score (nSPS) is 15.7. The topological polar surface area (TPSA) is 111 Å². The molecule has 8 nitrogen and oxygen atoms in total. The van der Waals surface area contributed by atoms with Crippen LogP contribution in [0.15, 0.2) is 56.8 Å². The van der Waals surface area contributed by atoms with Gasteiger partial charge in [0.25, 0.3) is 0 Å². The summed E-state index contributed by atoms with van der Waals surface area (Å²) in [5, 5.41) is 22.0. The molecule has 0 heterocycles. The van der Waals surface area contributed by atoms with Crippen molar-refractivity contribution in [2.45, 2.75) is 66.5 Å². The summed E-state index contributed by atoms with van der Waals surface area (Å²) in [5.74, 6) is -2.48. The van der Waals surface area contributed by atoms with Gasteiger partial charge in [0, 0.05) is 50.4 Å². The molecule has 0 aliphatic heterocycles. The number of hydrogen-bond donors (Lipinski definition) is 0.